The Morgan fingerprint density at radius 2 is 2.02 bits per heavy atom. The number of ether oxygens (including phenoxy) is 2. The smallest absolute Gasteiger partial charge is 0.382 e. The number of aromatic amines is 1. The number of hydrogen-bond acceptors (Lipinski definition) is 16. The maximum Gasteiger partial charge on any atom is 0.386 e. The van der Waals surface area contributed by atoms with Gasteiger partial charge in [0, 0.05) is 0 Å². The molecule has 0 radical (unpaired) electrons. The minimum Gasteiger partial charge on any atom is -0.382 e. The molecule has 0 aromatic carbocycles. The van der Waals surface area contributed by atoms with Gasteiger partial charge in [0.2, 0.25) is 5.95 Å². The third kappa shape index (κ3) is 6.37. The number of nitrogens with two attached hydrogens (primary N) is 2. The predicted octanol–water partition coefficient (Wildman–Crippen LogP) is 0.922. The fraction of sp³-hybridized carbons (Fsp3) is 0.476. The van der Waals surface area contributed by atoms with Crippen molar-refractivity contribution in [2.24, 2.45) is 0 Å². The van der Waals surface area contributed by atoms with E-state index in [1.807, 2.05) is 0 Å². The summed E-state index contributed by atoms with van der Waals surface area (Å²) in [5.41, 5.74) is 9.60. The second-order valence-electron chi connectivity index (χ2n) is 10.1. The van der Waals surface area contributed by atoms with Gasteiger partial charge in [-0.15, -0.1) is 11.5 Å². The van der Waals surface area contributed by atoms with Gasteiger partial charge in [-0.05, 0) is 12.8 Å². The summed E-state index contributed by atoms with van der Waals surface area (Å²) < 4.78 is 70.9. The fourth-order valence-electron chi connectivity index (χ4n) is 4.97. The standard InChI is InChI=1S/C21H24FN11O9P2S2/c1-2-21(4-3-10(41-21)32-8-27-12-15(23)25-7-26-16(12)32)6-39-44(37,46)42-14-11(22)9(5-38-43(35,36)45)40-19(14)33-17-13(30-31-33)18(34)29-20(24)28-17/h1,7-11,14,19H,3-6H2,(H,37,46)(H2,23,25,26)(H2,35,36,45)(H3,24,28,29,34)/t9-,10-,11+,14-,19-,21+,44?/m1/s1. The molecule has 0 bridgehead atoms. The lowest BCUT2D eigenvalue weighted by Gasteiger charge is -2.27. The molecule has 8 atom stereocenters. The first kappa shape index (κ1) is 32.8. The lowest BCUT2D eigenvalue weighted by Crippen LogP contribution is -2.34. The van der Waals surface area contributed by atoms with Crippen LogP contribution in [-0.2, 0) is 32.2 Å². The van der Waals surface area contributed by atoms with E-state index >= 15 is 4.39 Å². The number of imidazole rings is 1. The minimum absolute atomic E-state index is 0.177. The predicted molar refractivity (Wildman–Crippen MR) is 162 cm³/mol. The van der Waals surface area contributed by atoms with E-state index in [0.29, 0.717) is 17.6 Å². The van der Waals surface area contributed by atoms with E-state index in [0.717, 1.165) is 4.68 Å². The second-order valence-corrected chi connectivity index (χ2v) is 15.7. The zero-order valence-corrected chi connectivity index (χ0v) is 26.6. The van der Waals surface area contributed by atoms with Crippen LogP contribution in [0, 0.1) is 12.3 Å². The number of nitrogens with zero attached hydrogens (tertiary/aromatic N) is 8. The van der Waals surface area contributed by atoms with Gasteiger partial charge >= 0.3 is 13.6 Å². The number of nitrogen functional groups attached to an aromatic ring is 2. The number of H-pyrrole nitrogens is 1. The molecule has 6 heterocycles. The van der Waals surface area contributed by atoms with Crippen LogP contribution < -0.4 is 17.0 Å². The van der Waals surface area contributed by atoms with Gasteiger partial charge in [-0.2, -0.15) is 9.67 Å². The highest BCUT2D eigenvalue weighted by Gasteiger charge is 2.52. The molecule has 4 aromatic heterocycles. The molecular formula is C21H24FN11O9P2S2. The van der Waals surface area contributed by atoms with Crippen molar-refractivity contribution in [2.75, 3.05) is 24.7 Å². The van der Waals surface area contributed by atoms with Crippen molar-refractivity contribution in [3.63, 3.8) is 0 Å². The van der Waals surface area contributed by atoms with E-state index in [4.69, 9.17) is 40.9 Å². The number of fused-ring (bicyclic) bond motifs is 2. The van der Waals surface area contributed by atoms with Gasteiger partial charge in [-0.3, -0.25) is 27.9 Å². The number of alkyl halides is 1. The summed E-state index contributed by atoms with van der Waals surface area (Å²) in [6.45, 7) is -10.1. The van der Waals surface area contributed by atoms with Gasteiger partial charge in [0.05, 0.1) is 19.5 Å². The van der Waals surface area contributed by atoms with Crippen molar-refractivity contribution in [1.29, 1.82) is 0 Å². The van der Waals surface area contributed by atoms with E-state index in [1.54, 1.807) is 4.57 Å². The van der Waals surface area contributed by atoms with Crippen LogP contribution in [-0.4, -0.2) is 86.6 Å². The van der Waals surface area contributed by atoms with Crippen molar-refractivity contribution in [3.8, 4) is 12.3 Å². The average molecular weight is 720 g/mol. The highest BCUT2D eigenvalue weighted by Crippen LogP contribution is 2.58. The molecular weight excluding hydrogens is 695 g/mol. The molecule has 0 amide bonds. The SMILES string of the molecule is C#C[C@@]1(COP(=O)(S)O[C@@H]2[C@@H](F)[C@@H](COP(=O)(O)S)O[C@H]2n2nnc3c(=O)[nH]c(N)nc32)CC[C@H](n2cnc3c(N)ncnc32)O1. The summed E-state index contributed by atoms with van der Waals surface area (Å²) in [6.07, 6.45) is 1.27. The first-order valence-corrected chi connectivity index (χ1v) is 18.5. The Kier molecular flexibility index (Phi) is 8.64. The number of aromatic nitrogens is 9. The minimum atomic E-state index is -4.50. The van der Waals surface area contributed by atoms with E-state index in [2.05, 4.69) is 65.6 Å². The lowest BCUT2D eigenvalue weighted by atomic mass is 10.0. The quantitative estimate of drug-likeness (QED) is 0.0755. The highest BCUT2D eigenvalue weighted by molar-refractivity contribution is 8.44. The fourth-order valence-corrected chi connectivity index (χ4v) is 6.97. The zero-order valence-electron chi connectivity index (χ0n) is 23.1. The number of hydrogen-bond donors (Lipinski definition) is 6. The molecule has 6 N–H and O–H groups in total. The third-order valence-corrected chi connectivity index (χ3v) is 9.52. The molecule has 2 unspecified atom stereocenters. The number of rotatable bonds is 10. The maximum atomic E-state index is 15.8. The van der Waals surface area contributed by atoms with Gasteiger partial charge in [0.1, 0.15) is 30.3 Å². The normalized spacial score (nSPS) is 29.2. The van der Waals surface area contributed by atoms with Gasteiger partial charge in [-0.25, -0.2) is 28.5 Å². The van der Waals surface area contributed by atoms with Gasteiger partial charge in [-0.1, -0.05) is 35.6 Å². The Hall–Kier alpha value is -3.16. The summed E-state index contributed by atoms with van der Waals surface area (Å²) >= 11 is 7.42. The van der Waals surface area contributed by atoms with Gasteiger partial charge < -0.3 is 25.8 Å². The van der Waals surface area contributed by atoms with E-state index < -0.39 is 68.8 Å². The summed E-state index contributed by atoms with van der Waals surface area (Å²) in [5, 5.41) is 7.52. The zero-order chi connectivity index (χ0) is 33.0. The number of halogens is 1. The summed E-state index contributed by atoms with van der Waals surface area (Å²) in [4.78, 5) is 40.2. The summed E-state index contributed by atoms with van der Waals surface area (Å²) in [7, 11) is 0. The van der Waals surface area contributed by atoms with Crippen LogP contribution >= 0.6 is 38.1 Å². The molecule has 2 saturated heterocycles. The van der Waals surface area contributed by atoms with Crippen molar-refractivity contribution in [1.82, 2.24) is 44.5 Å². The summed E-state index contributed by atoms with van der Waals surface area (Å²) in [5.74, 6) is 2.37. The van der Waals surface area contributed by atoms with Gasteiger partial charge in [0.15, 0.2) is 40.6 Å². The van der Waals surface area contributed by atoms with Crippen LogP contribution in [0.15, 0.2) is 17.4 Å². The first-order chi connectivity index (χ1) is 21.7. The van der Waals surface area contributed by atoms with Crippen LogP contribution in [0.2, 0.25) is 0 Å². The molecule has 0 aliphatic carbocycles. The van der Waals surface area contributed by atoms with E-state index in [9.17, 15) is 18.8 Å². The second kappa shape index (κ2) is 12.1. The number of thiol groups is 2. The van der Waals surface area contributed by atoms with Crippen LogP contribution in [0.25, 0.3) is 22.3 Å². The molecule has 0 spiro atoms. The number of nitrogens with one attached hydrogen (secondary N) is 1. The molecule has 6 rings (SSSR count). The Morgan fingerprint density at radius 1 is 1.24 bits per heavy atom. The lowest BCUT2D eigenvalue weighted by molar-refractivity contribution is -0.0642. The topological polar surface area (TPSA) is 273 Å². The Morgan fingerprint density at radius 3 is 2.76 bits per heavy atom. The third-order valence-electron chi connectivity index (χ3n) is 7.10. The Labute approximate surface area is 267 Å². The molecule has 20 nitrogen and oxygen atoms in total. The van der Waals surface area contributed by atoms with Crippen molar-refractivity contribution < 1.29 is 41.5 Å². The largest absolute Gasteiger partial charge is 0.386 e. The van der Waals surface area contributed by atoms with E-state index in [1.165, 1.54) is 12.7 Å². The van der Waals surface area contributed by atoms with Crippen LogP contribution in [0.5, 0.6) is 0 Å². The molecule has 2 aliphatic rings. The average Bonchev–Trinajstić information content (AvgIpc) is 3.76. The number of terminal acetylenes is 1. The van der Waals surface area contributed by atoms with Crippen LogP contribution in [0.3, 0.4) is 0 Å². The van der Waals surface area contributed by atoms with Crippen LogP contribution in [0.4, 0.5) is 16.2 Å². The monoisotopic (exact) mass is 719 g/mol. The molecule has 25 heteroatoms. The van der Waals surface area contributed by atoms with Crippen molar-refractivity contribution in [3.05, 3.63) is 23.0 Å². The molecule has 0 saturated carbocycles. The van der Waals surface area contributed by atoms with Crippen molar-refractivity contribution >= 4 is 72.2 Å². The Balaban J connectivity index is 1.22. The molecule has 2 aliphatic heterocycles. The maximum absolute atomic E-state index is 15.8. The number of anilines is 2. The van der Waals surface area contributed by atoms with Crippen molar-refractivity contribution in [2.45, 2.75) is 49.3 Å². The van der Waals surface area contributed by atoms with Crippen LogP contribution in [0.1, 0.15) is 25.3 Å². The highest BCUT2D eigenvalue weighted by atomic mass is 32.7. The first-order valence-electron chi connectivity index (χ1n) is 13.0. The molecule has 4 aromatic rings. The van der Waals surface area contributed by atoms with Gasteiger partial charge in [0.25, 0.3) is 5.56 Å². The van der Waals surface area contributed by atoms with E-state index in [-0.39, 0.29) is 29.4 Å². The molecule has 46 heavy (non-hydrogen) atoms. The molecule has 246 valence electrons. The Bertz CT molecular complexity index is 2000. The molecule has 2 fully saturated rings. The summed E-state index contributed by atoms with van der Waals surface area (Å²) in [6, 6.07) is 0.